The van der Waals surface area contributed by atoms with Gasteiger partial charge in [0.2, 0.25) is 0 Å². The molecule has 0 aliphatic carbocycles. The molecule has 5 nitrogen and oxygen atoms in total. The van der Waals surface area contributed by atoms with Crippen molar-refractivity contribution in [3.63, 3.8) is 0 Å². The molecule has 0 bridgehead atoms. The van der Waals surface area contributed by atoms with Crippen molar-refractivity contribution >= 4 is 5.97 Å². The number of piperazine rings is 1. The average molecular weight is 243 g/mol. The van der Waals surface area contributed by atoms with Crippen molar-refractivity contribution in [3.05, 3.63) is 0 Å². The van der Waals surface area contributed by atoms with Gasteiger partial charge >= 0.3 is 5.97 Å². The van der Waals surface area contributed by atoms with Crippen LogP contribution < -0.4 is 5.32 Å². The lowest BCUT2D eigenvalue weighted by molar-refractivity contribution is -0.139. The minimum Gasteiger partial charge on any atom is -0.480 e. The first-order valence-electron chi connectivity index (χ1n) is 6.45. The maximum absolute atomic E-state index is 10.9. The van der Waals surface area contributed by atoms with Crippen LogP contribution in [0.4, 0.5) is 0 Å². The molecule has 1 rings (SSSR count). The predicted octanol–water partition coefficient (Wildman–Crippen LogP) is 0.0751. The van der Waals surface area contributed by atoms with Crippen molar-refractivity contribution in [2.75, 3.05) is 39.8 Å². The van der Waals surface area contributed by atoms with Crippen LogP contribution in [-0.2, 0) is 4.79 Å². The fraction of sp³-hybridized carbons (Fsp3) is 0.917. The van der Waals surface area contributed by atoms with Crippen LogP contribution in [-0.4, -0.2) is 72.7 Å². The zero-order chi connectivity index (χ0) is 12.8. The average Bonchev–Trinajstić information content (AvgIpc) is 2.29. The quantitative estimate of drug-likeness (QED) is 0.692. The number of likely N-dealkylation sites (N-methyl/N-ethyl adjacent to an activating group) is 2. The lowest BCUT2D eigenvalue weighted by Gasteiger charge is -2.39. The van der Waals surface area contributed by atoms with Gasteiger partial charge in [0.25, 0.3) is 0 Å². The molecule has 2 atom stereocenters. The molecule has 2 unspecified atom stereocenters. The Morgan fingerprint density at radius 3 is 2.71 bits per heavy atom. The highest BCUT2D eigenvalue weighted by molar-refractivity contribution is 5.73. The number of aliphatic carboxylic acids is 1. The summed E-state index contributed by atoms with van der Waals surface area (Å²) >= 11 is 0. The number of hydrogen-bond donors (Lipinski definition) is 2. The van der Waals surface area contributed by atoms with E-state index in [9.17, 15) is 4.79 Å². The Balaban J connectivity index is 2.31. The fourth-order valence-corrected chi connectivity index (χ4v) is 2.45. The highest BCUT2D eigenvalue weighted by Crippen LogP contribution is 2.09. The lowest BCUT2D eigenvalue weighted by Crippen LogP contribution is -2.52. The van der Waals surface area contributed by atoms with Crippen LogP contribution in [0, 0.1) is 0 Å². The standard InChI is InChI=1S/C12H25N3O2/c1-4-15-8-7-14(9-10(15)2)6-5-11(13-3)12(16)17/h10-11,13H,4-9H2,1-3H3,(H,16,17). The maximum Gasteiger partial charge on any atom is 0.320 e. The second-order valence-electron chi connectivity index (χ2n) is 4.75. The van der Waals surface area contributed by atoms with Crippen LogP contribution in [0.25, 0.3) is 0 Å². The van der Waals surface area contributed by atoms with Crippen LogP contribution in [0.15, 0.2) is 0 Å². The van der Waals surface area contributed by atoms with E-state index in [4.69, 9.17) is 5.11 Å². The van der Waals surface area contributed by atoms with E-state index in [0.29, 0.717) is 12.5 Å². The molecule has 0 amide bonds. The minimum absolute atomic E-state index is 0.422. The van der Waals surface area contributed by atoms with Crippen LogP contribution in [0.3, 0.4) is 0 Å². The van der Waals surface area contributed by atoms with Gasteiger partial charge in [-0.25, -0.2) is 0 Å². The molecule has 1 heterocycles. The zero-order valence-corrected chi connectivity index (χ0v) is 11.1. The number of hydrogen-bond acceptors (Lipinski definition) is 4. The van der Waals surface area contributed by atoms with Crippen molar-refractivity contribution in [2.45, 2.75) is 32.4 Å². The predicted molar refractivity (Wildman–Crippen MR) is 68.2 cm³/mol. The SMILES string of the molecule is CCN1CCN(CCC(NC)C(=O)O)CC1C. The van der Waals surface area contributed by atoms with E-state index in [2.05, 4.69) is 29.0 Å². The summed E-state index contributed by atoms with van der Waals surface area (Å²) in [6.07, 6.45) is 0.671. The topological polar surface area (TPSA) is 55.8 Å². The summed E-state index contributed by atoms with van der Waals surface area (Å²) in [5.74, 6) is -0.757. The van der Waals surface area contributed by atoms with Gasteiger partial charge in [0, 0.05) is 32.2 Å². The Morgan fingerprint density at radius 2 is 2.24 bits per heavy atom. The summed E-state index contributed by atoms with van der Waals surface area (Å²) in [6, 6.07) is 0.154. The number of nitrogens with zero attached hydrogens (tertiary/aromatic N) is 2. The van der Waals surface area contributed by atoms with Crippen molar-refractivity contribution in [1.29, 1.82) is 0 Å². The van der Waals surface area contributed by atoms with Crippen LogP contribution >= 0.6 is 0 Å². The van der Waals surface area contributed by atoms with Gasteiger partial charge in [0.05, 0.1) is 0 Å². The number of carbonyl (C=O) groups is 1. The van der Waals surface area contributed by atoms with Crippen molar-refractivity contribution in [1.82, 2.24) is 15.1 Å². The van der Waals surface area contributed by atoms with E-state index in [-0.39, 0.29) is 0 Å². The van der Waals surface area contributed by atoms with Gasteiger partial charge in [0.1, 0.15) is 6.04 Å². The Kier molecular flexibility index (Phi) is 5.88. The van der Waals surface area contributed by atoms with Gasteiger partial charge in [-0.2, -0.15) is 0 Å². The molecule has 1 aliphatic rings. The fourth-order valence-electron chi connectivity index (χ4n) is 2.45. The van der Waals surface area contributed by atoms with E-state index >= 15 is 0 Å². The second-order valence-corrected chi connectivity index (χ2v) is 4.75. The Hall–Kier alpha value is -0.650. The van der Waals surface area contributed by atoms with E-state index < -0.39 is 12.0 Å². The Labute approximate surface area is 104 Å². The number of carboxylic acids is 1. The first kappa shape index (κ1) is 14.4. The van der Waals surface area contributed by atoms with Gasteiger partial charge in [-0.1, -0.05) is 6.92 Å². The van der Waals surface area contributed by atoms with Crippen LogP contribution in [0.1, 0.15) is 20.3 Å². The molecule has 1 saturated heterocycles. The van der Waals surface area contributed by atoms with E-state index in [1.54, 1.807) is 7.05 Å². The van der Waals surface area contributed by atoms with Gasteiger partial charge < -0.3 is 15.3 Å². The summed E-state index contributed by atoms with van der Waals surface area (Å²) in [7, 11) is 1.70. The summed E-state index contributed by atoms with van der Waals surface area (Å²) in [4.78, 5) is 15.7. The van der Waals surface area contributed by atoms with E-state index in [1.165, 1.54) is 0 Å². The molecule has 1 fully saturated rings. The summed E-state index contributed by atoms with van der Waals surface area (Å²) in [5.41, 5.74) is 0. The first-order valence-corrected chi connectivity index (χ1v) is 6.45. The molecule has 0 spiro atoms. The largest absolute Gasteiger partial charge is 0.480 e. The number of rotatable bonds is 6. The normalized spacial score (nSPS) is 24.8. The van der Waals surface area contributed by atoms with Crippen molar-refractivity contribution < 1.29 is 9.90 Å². The zero-order valence-electron chi connectivity index (χ0n) is 11.1. The van der Waals surface area contributed by atoms with Gasteiger partial charge in [-0.05, 0) is 26.9 Å². The van der Waals surface area contributed by atoms with Crippen LogP contribution in [0.2, 0.25) is 0 Å². The van der Waals surface area contributed by atoms with Gasteiger partial charge in [-0.3, -0.25) is 9.69 Å². The Bertz CT molecular complexity index is 248. The van der Waals surface area contributed by atoms with Gasteiger partial charge in [0.15, 0.2) is 0 Å². The molecular formula is C12H25N3O2. The summed E-state index contributed by atoms with van der Waals surface area (Å²) < 4.78 is 0. The molecular weight excluding hydrogens is 218 g/mol. The third kappa shape index (κ3) is 4.26. The number of carboxylic acid groups (broad SMARTS) is 1. The summed E-state index contributed by atoms with van der Waals surface area (Å²) in [5, 5.41) is 11.8. The van der Waals surface area contributed by atoms with E-state index in [0.717, 1.165) is 32.7 Å². The molecule has 1 aliphatic heterocycles. The number of nitrogens with one attached hydrogen (secondary N) is 1. The van der Waals surface area contributed by atoms with Crippen LogP contribution in [0.5, 0.6) is 0 Å². The molecule has 0 saturated carbocycles. The Morgan fingerprint density at radius 1 is 1.53 bits per heavy atom. The minimum atomic E-state index is -0.757. The van der Waals surface area contributed by atoms with Crippen molar-refractivity contribution in [3.8, 4) is 0 Å². The monoisotopic (exact) mass is 243 g/mol. The van der Waals surface area contributed by atoms with E-state index in [1.807, 2.05) is 0 Å². The maximum atomic E-state index is 10.9. The lowest BCUT2D eigenvalue weighted by atomic mass is 10.1. The third-order valence-electron chi connectivity index (χ3n) is 3.64. The van der Waals surface area contributed by atoms with Crippen molar-refractivity contribution in [2.24, 2.45) is 0 Å². The summed E-state index contributed by atoms with van der Waals surface area (Å²) in [6.45, 7) is 9.58. The smallest absolute Gasteiger partial charge is 0.320 e. The molecule has 2 N–H and O–H groups in total. The highest BCUT2D eigenvalue weighted by Gasteiger charge is 2.23. The molecule has 100 valence electrons. The molecule has 5 heteroatoms. The highest BCUT2D eigenvalue weighted by atomic mass is 16.4. The first-order chi connectivity index (χ1) is 8.08. The molecule has 0 aromatic rings. The molecule has 0 aromatic heterocycles. The second kappa shape index (κ2) is 6.93. The molecule has 0 aromatic carbocycles. The molecule has 0 radical (unpaired) electrons. The van der Waals surface area contributed by atoms with Gasteiger partial charge in [-0.15, -0.1) is 0 Å². The third-order valence-corrected chi connectivity index (χ3v) is 3.64. The molecule has 17 heavy (non-hydrogen) atoms.